The molecule has 10 nitrogen and oxygen atoms in total. The van der Waals surface area contributed by atoms with Crippen molar-refractivity contribution in [1.82, 2.24) is 0 Å². The molecule has 0 aromatic rings. The summed E-state index contributed by atoms with van der Waals surface area (Å²) in [4.78, 5) is 37.3. The van der Waals surface area contributed by atoms with E-state index in [2.05, 4.69) is 0 Å². The third-order valence-electron chi connectivity index (χ3n) is 0.719. The van der Waals surface area contributed by atoms with Crippen molar-refractivity contribution in [3.05, 3.63) is 0 Å². The van der Waals surface area contributed by atoms with Crippen LogP contribution in [0, 0.1) is 0 Å². The van der Waals surface area contributed by atoms with E-state index in [1.807, 2.05) is 0 Å². The maximum atomic E-state index is 9.64. The molecule has 8 N–H and O–H groups in total. The van der Waals surface area contributed by atoms with E-state index in [1.165, 1.54) is 0 Å². The summed E-state index contributed by atoms with van der Waals surface area (Å²) in [5, 5.41) is 30.6. The first-order valence-electron chi connectivity index (χ1n) is 5.23. The third-order valence-corrected chi connectivity index (χ3v) is 0.719. The Kier molecular flexibility index (Phi) is 73.2. The number of carboxylic acid groups (broad SMARTS) is 4. The molecular weight excluding hydrogens is 345 g/mol. The van der Waals surface area contributed by atoms with Crippen LogP contribution >= 0.6 is 0 Å². The zero-order valence-corrected chi connectivity index (χ0v) is 11.4. The van der Waals surface area contributed by atoms with Crippen molar-refractivity contribution in [2.45, 2.75) is 26.7 Å². The number of hydrogen-bond donors (Lipinski definition) is 6. The van der Waals surface area contributed by atoms with Crippen molar-refractivity contribution in [2.75, 3.05) is 13.1 Å². The molecular formula is C10H25N2Na3O8. The monoisotopic (exact) mass is 370 g/mol. The first-order chi connectivity index (χ1) is 9.00. The molecule has 0 radical (unpaired) electrons. The van der Waals surface area contributed by atoms with E-state index >= 15 is 0 Å². The van der Waals surface area contributed by atoms with Crippen LogP contribution in [0.25, 0.3) is 0 Å². The first-order valence-corrected chi connectivity index (χ1v) is 5.23. The molecule has 23 heavy (non-hydrogen) atoms. The van der Waals surface area contributed by atoms with Gasteiger partial charge < -0.3 is 31.9 Å². The van der Waals surface area contributed by atoms with Crippen molar-refractivity contribution < 1.29 is 39.6 Å². The molecule has 0 aliphatic rings. The minimum absolute atomic E-state index is 0. The normalized spacial score (nSPS) is 6.43. The van der Waals surface area contributed by atoms with Gasteiger partial charge in [-0.3, -0.25) is 19.2 Å². The topological polar surface area (TPSA) is 201 Å². The van der Waals surface area contributed by atoms with Gasteiger partial charge >= 0.3 is 101 Å². The fourth-order valence-corrected chi connectivity index (χ4v) is 0.214. The molecule has 0 aromatic carbocycles. The van der Waals surface area contributed by atoms with E-state index in [-0.39, 0.29) is 102 Å². The van der Waals surface area contributed by atoms with Gasteiger partial charge in [0.1, 0.15) is 0 Å². The second-order valence-electron chi connectivity index (χ2n) is 2.90. The van der Waals surface area contributed by atoms with Crippen molar-refractivity contribution in [2.24, 2.45) is 11.5 Å². The Morgan fingerprint density at radius 2 is 0.783 bits per heavy atom. The number of carbonyl (C=O) groups is 4. The fraction of sp³-hybridized carbons (Fsp3) is 0.600. The maximum absolute atomic E-state index is 9.64. The van der Waals surface area contributed by atoms with Crippen molar-refractivity contribution in [1.29, 1.82) is 0 Å². The zero-order chi connectivity index (χ0) is 17.1. The Morgan fingerprint density at radius 3 is 0.826 bits per heavy atom. The molecule has 0 aliphatic heterocycles. The summed E-state index contributed by atoms with van der Waals surface area (Å²) >= 11 is 0. The number of hydrogen-bond acceptors (Lipinski definition) is 6. The second-order valence-corrected chi connectivity index (χ2v) is 2.90. The molecule has 13 heteroatoms. The van der Waals surface area contributed by atoms with Gasteiger partial charge in [-0.1, -0.05) is 0 Å². The Labute approximate surface area is 201 Å². The van der Waals surface area contributed by atoms with Crippen molar-refractivity contribution in [3.8, 4) is 0 Å². The van der Waals surface area contributed by atoms with Crippen LogP contribution in [0.5, 0.6) is 0 Å². The van der Waals surface area contributed by atoms with Crippen molar-refractivity contribution in [3.63, 3.8) is 0 Å². The number of nitrogens with two attached hydrogens (primary N) is 2. The molecule has 0 atom stereocenters. The molecule has 0 fully saturated rings. The van der Waals surface area contributed by atoms with Crippen LogP contribution in [0.3, 0.4) is 0 Å². The minimum atomic E-state index is -1.08. The Balaban J connectivity index is -0.0000000301. The van der Waals surface area contributed by atoms with Crippen LogP contribution < -0.4 is 11.5 Å². The molecule has 0 heterocycles. The molecule has 0 saturated heterocycles. The Hall–Kier alpha value is 0.800. The van der Waals surface area contributed by atoms with Crippen LogP contribution in [0.2, 0.25) is 0 Å². The molecule has 0 rings (SSSR count). The molecule has 0 unspecified atom stereocenters. The summed E-state index contributed by atoms with van der Waals surface area (Å²) in [7, 11) is 0. The molecule has 0 bridgehead atoms. The number of aliphatic carboxylic acids is 4. The Bertz CT molecular complexity index is 257. The predicted molar refractivity (Wildman–Crippen MR) is 90.7 cm³/mol. The van der Waals surface area contributed by atoms with Crippen LogP contribution in [0.1, 0.15) is 26.7 Å². The van der Waals surface area contributed by atoms with Gasteiger partial charge in [0.05, 0.1) is 12.8 Å². The molecule has 0 aliphatic carbocycles. The predicted octanol–water partition coefficient (Wildman–Crippen LogP) is -2.92. The number of carboxylic acids is 4. The van der Waals surface area contributed by atoms with E-state index in [1.54, 1.807) is 0 Å². The number of rotatable bonds is 4. The van der Waals surface area contributed by atoms with E-state index in [4.69, 9.17) is 41.5 Å². The van der Waals surface area contributed by atoms with Gasteiger partial charge in [-0.2, -0.15) is 0 Å². The average Bonchev–Trinajstić information content (AvgIpc) is 2.25. The molecule has 0 amide bonds. The SMILES string of the molecule is CC(=O)O.CC(=O)O.NCCN.O=C(O)CCC(=O)O.[NaH].[NaH].[NaH]. The van der Waals surface area contributed by atoms with Gasteiger partial charge in [-0.05, 0) is 0 Å². The van der Waals surface area contributed by atoms with Gasteiger partial charge in [0.25, 0.3) is 11.9 Å². The average molecular weight is 370 g/mol. The van der Waals surface area contributed by atoms with E-state index in [0.717, 1.165) is 13.8 Å². The summed E-state index contributed by atoms with van der Waals surface area (Å²) in [6, 6.07) is 0. The van der Waals surface area contributed by atoms with Gasteiger partial charge in [-0.15, -0.1) is 0 Å². The summed E-state index contributed by atoms with van der Waals surface area (Å²) in [5.41, 5.74) is 9.81. The van der Waals surface area contributed by atoms with Crippen LogP contribution in [0.4, 0.5) is 0 Å². The summed E-state index contributed by atoms with van der Waals surface area (Å²) in [6.07, 6.45) is -0.593. The van der Waals surface area contributed by atoms with Gasteiger partial charge in [0, 0.05) is 26.9 Å². The van der Waals surface area contributed by atoms with Crippen LogP contribution in [-0.2, 0) is 19.2 Å². The quantitative estimate of drug-likeness (QED) is 0.278. The van der Waals surface area contributed by atoms with E-state index in [0.29, 0.717) is 13.1 Å². The standard InChI is InChI=1S/C4H6O4.C2H8N2.2C2H4O2.3Na.3H/c5-3(6)1-2-4(7)8;3-1-2-4;2*1-2(3)4;;;;;;/h1-2H2,(H,5,6)(H,7,8);1-4H2;2*1H3,(H,3,4);;;;;;. The zero-order valence-electron chi connectivity index (χ0n) is 11.4. The van der Waals surface area contributed by atoms with E-state index in [9.17, 15) is 9.59 Å². The third kappa shape index (κ3) is 213. The van der Waals surface area contributed by atoms with E-state index < -0.39 is 23.9 Å². The Morgan fingerprint density at radius 1 is 0.652 bits per heavy atom. The molecule has 0 spiro atoms. The van der Waals surface area contributed by atoms with Crippen molar-refractivity contribution >= 4 is 113 Å². The van der Waals surface area contributed by atoms with Gasteiger partial charge in [0.2, 0.25) is 0 Å². The molecule has 126 valence electrons. The molecule has 0 aromatic heterocycles. The van der Waals surface area contributed by atoms with Gasteiger partial charge in [-0.25, -0.2) is 0 Å². The summed E-state index contributed by atoms with van der Waals surface area (Å²) < 4.78 is 0. The summed E-state index contributed by atoms with van der Waals surface area (Å²) in [5.74, 6) is -3.82. The van der Waals surface area contributed by atoms with Gasteiger partial charge in [0.15, 0.2) is 0 Å². The fourth-order valence-electron chi connectivity index (χ4n) is 0.214. The molecule has 0 saturated carbocycles. The first kappa shape index (κ1) is 43.8. The van der Waals surface area contributed by atoms with Crippen LogP contribution in [0.15, 0.2) is 0 Å². The summed E-state index contributed by atoms with van der Waals surface area (Å²) in [6.45, 7) is 3.36. The van der Waals surface area contributed by atoms with Crippen LogP contribution in [-0.4, -0.2) is 146 Å². The second kappa shape index (κ2) is 38.4.